The van der Waals surface area contributed by atoms with Crippen molar-refractivity contribution < 1.29 is 49.0 Å². The van der Waals surface area contributed by atoms with Crippen molar-refractivity contribution >= 4 is 11.9 Å². The highest BCUT2D eigenvalue weighted by atomic mass is 16.5. The van der Waals surface area contributed by atoms with Crippen LogP contribution in [0.4, 0.5) is 0 Å². The molecule has 0 amide bonds. The molecule has 42 heavy (non-hydrogen) atoms. The van der Waals surface area contributed by atoms with Crippen LogP contribution < -0.4 is 18.9 Å². The summed E-state index contributed by atoms with van der Waals surface area (Å²) in [5, 5.41) is 38.8. The molecule has 0 radical (unpaired) electrons. The summed E-state index contributed by atoms with van der Waals surface area (Å²) < 4.78 is 20.3. The van der Waals surface area contributed by atoms with Gasteiger partial charge in [-0.25, -0.2) is 0 Å². The molecule has 0 fully saturated rings. The van der Waals surface area contributed by atoms with E-state index in [1.165, 1.54) is 26.4 Å². The number of methoxy groups -OCH3 is 2. The number of rotatable bonds is 4. The maximum absolute atomic E-state index is 11.7. The highest BCUT2D eigenvalue weighted by molar-refractivity contribution is 5.79. The molecule has 2 atom stereocenters. The number of aromatic hydroxyl groups is 4. The van der Waals surface area contributed by atoms with Crippen molar-refractivity contribution in [2.75, 3.05) is 14.2 Å². The van der Waals surface area contributed by atoms with Crippen molar-refractivity contribution in [3.05, 3.63) is 95.1 Å². The molecule has 10 nitrogen and oxygen atoms in total. The van der Waals surface area contributed by atoms with E-state index < -0.39 is 0 Å². The fraction of sp³-hybridized carbons (Fsp3) is 0.188. The molecule has 2 aliphatic heterocycles. The van der Waals surface area contributed by atoms with E-state index in [2.05, 4.69) is 0 Å². The topological polar surface area (TPSA) is 152 Å². The Balaban J connectivity index is 0.000000168. The van der Waals surface area contributed by atoms with Crippen molar-refractivity contribution in [3.63, 3.8) is 0 Å². The second-order valence-corrected chi connectivity index (χ2v) is 9.77. The van der Waals surface area contributed by atoms with Crippen LogP contribution in [0, 0.1) is 0 Å². The molecule has 0 unspecified atom stereocenters. The van der Waals surface area contributed by atoms with Crippen LogP contribution in [-0.2, 0) is 9.59 Å². The molecule has 0 saturated heterocycles. The van der Waals surface area contributed by atoms with Gasteiger partial charge in [-0.2, -0.15) is 0 Å². The zero-order chi connectivity index (χ0) is 30.0. The fourth-order valence-electron chi connectivity index (χ4n) is 5.12. The molecular formula is C32H28O10. The molecule has 4 aromatic carbocycles. The predicted octanol–water partition coefficient (Wildman–Crippen LogP) is 5.09. The molecule has 0 spiro atoms. The monoisotopic (exact) mass is 572 g/mol. The zero-order valence-corrected chi connectivity index (χ0v) is 22.7. The number of phenolic OH excluding ortho intramolecular Hbond substituents is 4. The molecule has 216 valence electrons. The van der Waals surface area contributed by atoms with Crippen molar-refractivity contribution in [2.45, 2.75) is 24.7 Å². The number of carbonyl (C=O) groups is 2. The van der Waals surface area contributed by atoms with Crippen LogP contribution >= 0.6 is 0 Å². The third kappa shape index (κ3) is 5.73. The summed E-state index contributed by atoms with van der Waals surface area (Å²) >= 11 is 0. The molecule has 0 aliphatic carbocycles. The van der Waals surface area contributed by atoms with E-state index in [0.29, 0.717) is 23.0 Å². The molecule has 2 aliphatic rings. The van der Waals surface area contributed by atoms with Gasteiger partial charge in [0.2, 0.25) is 0 Å². The van der Waals surface area contributed by atoms with E-state index in [4.69, 9.17) is 18.9 Å². The lowest BCUT2D eigenvalue weighted by atomic mass is 9.86. The lowest BCUT2D eigenvalue weighted by Crippen LogP contribution is -2.20. The second-order valence-electron chi connectivity index (χ2n) is 9.77. The van der Waals surface area contributed by atoms with Gasteiger partial charge >= 0.3 is 11.9 Å². The van der Waals surface area contributed by atoms with Gasteiger partial charge in [0.15, 0.2) is 23.0 Å². The molecule has 0 saturated carbocycles. The predicted molar refractivity (Wildman–Crippen MR) is 150 cm³/mol. The van der Waals surface area contributed by atoms with Crippen LogP contribution in [0.15, 0.2) is 72.8 Å². The number of hydrogen-bond donors (Lipinski definition) is 4. The quantitative estimate of drug-likeness (QED) is 0.192. The van der Waals surface area contributed by atoms with Crippen LogP contribution in [-0.4, -0.2) is 46.6 Å². The number of esters is 2. The van der Waals surface area contributed by atoms with E-state index in [9.17, 15) is 30.0 Å². The molecule has 6 rings (SSSR count). The molecule has 0 bridgehead atoms. The number of phenols is 4. The Bertz CT molecular complexity index is 1540. The van der Waals surface area contributed by atoms with Gasteiger partial charge in [0.25, 0.3) is 0 Å². The van der Waals surface area contributed by atoms with Crippen molar-refractivity contribution in [1.29, 1.82) is 0 Å². The third-order valence-electron chi connectivity index (χ3n) is 7.14. The molecule has 4 aromatic rings. The van der Waals surface area contributed by atoms with Gasteiger partial charge in [-0.1, -0.05) is 24.3 Å². The van der Waals surface area contributed by atoms with Crippen molar-refractivity contribution in [2.24, 2.45) is 0 Å². The van der Waals surface area contributed by atoms with Gasteiger partial charge in [-0.3, -0.25) is 9.59 Å². The SMILES string of the molecule is COc1ccc([C@@H]2CC(=O)Oc3cc(O)ccc32)cc1O.COc1ccc([C@H]2CC(=O)Oc3cc(O)ccc32)cc1O. The summed E-state index contributed by atoms with van der Waals surface area (Å²) in [7, 11) is 2.95. The van der Waals surface area contributed by atoms with E-state index in [1.807, 2.05) is 0 Å². The molecule has 0 aromatic heterocycles. The molecule has 2 heterocycles. The average Bonchev–Trinajstić information content (AvgIpc) is 2.96. The smallest absolute Gasteiger partial charge is 0.312 e. The number of hydrogen-bond acceptors (Lipinski definition) is 10. The maximum atomic E-state index is 11.7. The standard InChI is InChI=1S/2C16H14O5/c2*1-20-14-5-2-9(6-13(14)18)12-8-16(19)21-15-7-10(17)3-4-11(12)15/h2*2-7,12,17-18H,8H2,1H3/t2*12-/m10/s1. The van der Waals surface area contributed by atoms with E-state index in [-0.39, 0.29) is 59.6 Å². The first kappa shape index (κ1) is 28.2. The van der Waals surface area contributed by atoms with E-state index in [0.717, 1.165) is 22.3 Å². The van der Waals surface area contributed by atoms with Gasteiger partial charge in [0.1, 0.15) is 23.0 Å². The lowest BCUT2D eigenvalue weighted by Gasteiger charge is -2.25. The van der Waals surface area contributed by atoms with Gasteiger partial charge in [0.05, 0.1) is 27.1 Å². The Morgan fingerprint density at radius 2 is 1.00 bits per heavy atom. The number of fused-ring (bicyclic) bond motifs is 2. The number of benzene rings is 4. The fourth-order valence-corrected chi connectivity index (χ4v) is 5.12. The Morgan fingerprint density at radius 1 is 0.595 bits per heavy atom. The molecule has 4 N–H and O–H groups in total. The summed E-state index contributed by atoms with van der Waals surface area (Å²) in [6.45, 7) is 0. The first-order valence-electron chi connectivity index (χ1n) is 13.0. The number of carbonyl (C=O) groups excluding carboxylic acids is 2. The van der Waals surface area contributed by atoms with Crippen LogP contribution in [0.25, 0.3) is 0 Å². The normalized spacial score (nSPS) is 17.0. The van der Waals surface area contributed by atoms with Crippen LogP contribution in [0.3, 0.4) is 0 Å². The maximum Gasteiger partial charge on any atom is 0.312 e. The summed E-state index contributed by atoms with van der Waals surface area (Å²) in [6, 6.07) is 19.5. The third-order valence-corrected chi connectivity index (χ3v) is 7.14. The number of ether oxygens (including phenoxy) is 4. The van der Waals surface area contributed by atoms with Gasteiger partial charge in [0, 0.05) is 35.1 Å². The second kappa shape index (κ2) is 11.6. The van der Waals surface area contributed by atoms with Crippen LogP contribution in [0.2, 0.25) is 0 Å². The van der Waals surface area contributed by atoms with E-state index in [1.54, 1.807) is 60.7 Å². The van der Waals surface area contributed by atoms with Crippen molar-refractivity contribution in [1.82, 2.24) is 0 Å². The Kier molecular flexibility index (Phi) is 7.79. The van der Waals surface area contributed by atoms with Crippen molar-refractivity contribution in [3.8, 4) is 46.0 Å². The first-order chi connectivity index (χ1) is 20.2. The van der Waals surface area contributed by atoms with Crippen LogP contribution in [0.1, 0.15) is 46.9 Å². The summed E-state index contributed by atoms with van der Waals surface area (Å²) in [6.07, 6.45) is 0.368. The first-order valence-corrected chi connectivity index (χ1v) is 13.0. The Labute approximate surface area is 240 Å². The lowest BCUT2D eigenvalue weighted by molar-refractivity contribution is -0.136. The molecular weight excluding hydrogens is 544 g/mol. The highest BCUT2D eigenvalue weighted by Gasteiger charge is 2.30. The largest absolute Gasteiger partial charge is 0.508 e. The minimum Gasteiger partial charge on any atom is -0.508 e. The van der Waals surface area contributed by atoms with Gasteiger partial charge in [-0.15, -0.1) is 0 Å². The van der Waals surface area contributed by atoms with E-state index >= 15 is 0 Å². The van der Waals surface area contributed by atoms with Gasteiger partial charge < -0.3 is 39.4 Å². The minimum atomic E-state index is -0.367. The highest BCUT2D eigenvalue weighted by Crippen LogP contribution is 2.43. The average molecular weight is 573 g/mol. The summed E-state index contributed by atoms with van der Waals surface area (Å²) in [5.74, 6) is 0.409. The van der Waals surface area contributed by atoms with Gasteiger partial charge in [-0.05, 0) is 47.5 Å². The van der Waals surface area contributed by atoms with Crippen LogP contribution in [0.5, 0.6) is 46.0 Å². The Morgan fingerprint density at radius 3 is 1.36 bits per heavy atom. The minimum absolute atomic E-state index is 0.0225. The summed E-state index contributed by atoms with van der Waals surface area (Å²) in [4.78, 5) is 23.5. The zero-order valence-electron chi connectivity index (χ0n) is 22.7. The molecule has 10 heteroatoms. The Hall–Kier alpha value is -5.38. The summed E-state index contributed by atoms with van der Waals surface area (Å²) in [5.41, 5.74) is 3.18.